The molecule has 1 aliphatic carbocycles. The van der Waals surface area contributed by atoms with Crippen molar-refractivity contribution in [3.05, 3.63) is 17.1 Å². The van der Waals surface area contributed by atoms with Crippen molar-refractivity contribution in [1.29, 1.82) is 0 Å². The van der Waals surface area contributed by atoms with E-state index >= 15 is 0 Å². The molecule has 6 heteroatoms. The molecule has 2 fully saturated rings. The topological polar surface area (TPSA) is 67.4 Å². The molecular weight excluding hydrogens is 316 g/mol. The zero-order chi connectivity index (χ0) is 17.2. The summed E-state index contributed by atoms with van der Waals surface area (Å²) in [6.07, 6.45) is 7.49. The first-order valence-electron chi connectivity index (χ1n) is 9.70. The minimum atomic E-state index is 0.0505. The minimum Gasteiger partial charge on any atom is -0.381 e. The largest absolute Gasteiger partial charge is 0.381 e. The SMILES string of the molecule is Cc1nc2c(c(N3CCC(NC(=O)C4CCOC4)CC3)n1)CCCC2. The highest BCUT2D eigenvalue weighted by atomic mass is 16.5. The average molecular weight is 344 g/mol. The van der Waals surface area contributed by atoms with Crippen LogP contribution < -0.4 is 10.2 Å². The number of fused-ring (bicyclic) bond motifs is 1. The third-order valence-electron chi connectivity index (χ3n) is 5.71. The van der Waals surface area contributed by atoms with Gasteiger partial charge >= 0.3 is 0 Å². The summed E-state index contributed by atoms with van der Waals surface area (Å²) in [4.78, 5) is 24.1. The van der Waals surface area contributed by atoms with Crippen molar-refractivity contribution >= 4 is 11.7 Å². The van der Waals surface area contributed by atoms with Crippen LogP contribution >= 0.6 is 0 Å². The van der Waals surface area contributed by atoms with Gasteiger partial charge in [-0.3, -0.25) is 4.79 Å². The average Bonchev–Trinajstić information content (AvgIpc) is 3.16. The van der Waals surface area contributed by atoms with Crippen LogP contribution in [0.2, 0.25) is 0 Å². The van der Waals surface area contributed by atoms with Crippen molar-refractivity contribution in [3.8, 4) is 0 Å². The van der Waals surface area contributed by atoms with E-state index in [0.29, 0.717) is 13.2 Å². The predicted molar refractivity (Wildman–Crippen MR) is 95.7 cm³/mol. The summed E-state index contributed by atoms with van der Waals surface area (Å²) in [6.45, 7) is 5.20. The van der Waals surface area contributed by atoms with E-state index in [1.165, 1.54) is 24.1 Å². The Morgan fingerprint density at radius 1 is 1.16 bits per heavy atom. The molecule has 2 aliphatic heterocycles. The highest BCUT2D eigenvalue weighted by molar-refractivity contribution is 5.79. The highest BCUT2D eigenvalue weighted by Crippen LogP contribution is 2.29. The number of piperidine rings is 1. The van der Waals surface area contributed by atoms with Gasteiger partial charge in [-0.15, -0.1) is 0 Å². The van der Waals surface area contributed by atoms with Gasteiger partial charge in [0.15, 0.2) is 0 Å². The van der Waals surface area contributed by atoms with E-state index in [2.05, 4.69) is 15.2 Å². The first-order valence-corrected chi connectivity index (χ1v) is 9.70. The molecule has 1 N–H and O–H groups in total. The number of aromatic nitrogens is 2. The zero-order valence-corrected chi connectivity index (χ0v) is 15.1. The van der Waals surface area contributed by atoms with Crippen LogP contribution in [0.15, 0.2) is 0 Å². The monoisotopic (exact) mass is 344 g/mol. The number of aryl methyl sites for hydroxylation is 2. The van der Waals surface area contributed by atoms with Crippen LogP contribution in [-0.2, 0) is 22.4 Å². The van der Waals surface area contributed by atoms with Crippen LogP contribution in [0.25, 0.3) is 0 Å². The molecule has 25 heavy (non-hydrogen) atoms. The van der Waals surface area contributed by atoms with E-state index in [-0.39, 0.29) is 17.9 Å². The Morgan fingerprint density at radius 3 is 2.72 bits per heavy atom. The van der Waals surface area contributed by atoms with Crippen LogP contribution in [0.1, 0.15) is 49.2 Å². The Morgan fingerprint density at radius 2 is 1.96 bits per heavy atom. The van der Waals surface area contributed by atoms with E-state index < -0.39 is 0 Å². The minimum absolute atomic E-state index is 0.0505. The molecule has 4 rings (SSSR count). The van der Waals surface area contributed by atoms with Gasteiger partial charge in [0, 0.05) is 37.0 Å². The summed E-state index contributed by atoms with van der Waals surface area (Å²) in [5, 5.41) is 3.23. The van der Waals surface area contributed by atoms with E-state index in [1.807, 2.05) is 6.92 Å². The van der Waals surface area contributed by atoms with Gasteiger partial charge in [0.25, 0.3) is 0 Å². The molecule has 3 heterocycles. The molecule has 2 saturated heterocycles. The Balaban J connectivity index is 1.39. The lowest BCUT2D eigenvalue weighted by Gasteiger charge is -2.35. The Hall–Kier alpha value is -1.69. The van der Waals surface area contributed by atoms with E-state index in [0.717, 1.165) is 56.8 Å². The van der Waals surface area contributed by atoms with Gasteiger partial charge in [0.2, 0.25) is 5.91 Å². The van der Waals surface area contributed by atoms with Gasteiger partial charge in [-0.25, -0.2) is 9.97 Å². The molecule has 1 atom stereocenters. The lowest BCUT2D eigenvalue weighted by molar-refractivity contribution is -0.125. The molecular formula is C19H28N4O2. The predicted octanol–water partition coefficient (Wildman–Crippen LogP) is 1.79. The zero-order valence-electron chi connectivity index (χ0n) is 15.1. The van der Waals surface area contributed by atoms with E-state index in [4.69, 9.17) is 9.72 Å². The quantitative estimate of drug-likeness (QED) is 0.905. The van der Waals surface area contributed by atoms with Crippen LogP contribution in [0, 0.1) is 12.8 Å². The third-order valence-corrected chi connectivity index (χ3v) is 5.71. The number of ether oxygens (including phenoxy) is 1. The van der Waals surface area contributed by atoms with Crippen LogP contribution in [0.3, 0.4) is 0 Å². The fourth-order valence-corrected chi connectivity index (χ4v) is 4.25. The van der Waals surface area contributed by atoms with Crippen LogP contribution in [-0.4, -0.2) is 48.2 Å². The Labute approximate surface area is 149 Å². The number of carbonyl (C=O) groups is 1. The maximum atomic E-state index is 12.3. The van der Waals surface area contributed by atoms with Gasteiger partial charge in [-0.1, -0.05) is 0 Å². The second kappa shape index (κ2) is 7.28. The maximum Gasteiger partial charge on any atom is 0.225 e. The summed E-state index contributed by atoms with van der Waals surface area (Å²) in [5.41, 5.74) is 2.62. The van der Waals surface area contributed by atoms with Crippen molar-refractivity contribution in [2.24, 2.45) is 5.92 Å². The van der Waals surface area contributed by atoms with Crippen molar-refractivity contribution in [1.82, 2.24) is 15.3 Å². The number of anilines is 1. The molecule has 0 radical (unpaired) electrons. The third kappa shape index (κ3) is 3.64. The van der Waals surface area contributed by atoms with Gasteiger partial charge < -0.3 is 15.0 Å². The Kier molecular flexibility index (Phi) is 4.88. The lowest BCUT2D eigenvalue weighted by atomic mass is 9.95. The van der Waals surface area contributed by atoms with Gasteiger partial charge in [-0.05, 0) is 51.9 Å². The van der Waals surface area contributed by atoms with Crippen molar-refractivity contribution in [2.45, 2.75) is 57.9 Å². The summed E-state index contributed by atoms with van der Waals surface area (Å²) in [6, 6.07) is 0.281. The fourth-order valence-electron chi connectivity index (χ4n) is 4.25. The molecule has 0 aromatic carbocycles. The number of hydrogen-bond acceptors (Lipinski definition) is 5. The first kappa shape index (κ1) is 16.8. The molecule has 0 saturated carbocycles. The lowest BCUT2D eigenvalue weighted by Crippen LogP contribution is -2.47. The maximum absolute atomic E-state index is 12.3. The molecule has 1 aromatic heterocycles. The molecule has 0 bridgehead atoms. The standard InChI is InChI=1S/C19H28N4O2/c1-13-20-17-5-3-2-4-16(17)18(21-13)23-9-6-15(7-10-23)22-19(24)14-8-11-25-12-14/h14-15H,2-12H2,1H3,(H,22,24). The summed E-state index contributed by atoms with van der Waals surface area (Å²) < 4.78 is 5.32. The van der Waals surface area contributed by atoms with Crippen molar-refractivity contribution in [2.75, 3.05) is 31.2 Å². The number of nitrogens with one attached hydrogen (secondary N) is 1. The van der Waals surface area contributed by atoms with Crippen LogP contribution in [0.4, 0.5) is 5.82 Å². The molecule has 1 unspecified atom stereocenters. The summed E-state index contributed by atoms with van der Waals surface area (Å²) >= 11 is 0. The van der Waals surface area contributed by atoms with E-state index in [9.17, 15) is 4.79 Å². The number of carbonyl (C=O) groups excluding carboxylic acids is 1. The molecule has 136 valence electrons. The normalized spacial score (nSPS) is 24.2. The van der Waals surface area contributed by atoms with Gasteiger partial charge in [0.05, 0.1) is 12.5 Å². The summed E-state index contributed by atoms with van der Waals surface area (Å²) in [5.74, 6) is 2.25. The van der Waals surface area contributed by atoms with E-state index in [1.54, 1.807) is 0 Å². The van der Waals surface area contributed by atoms with Crippen LogP contribution in [0.5, 0.6) is 0 Å². The number of rotatable bonds is 3. The molecule has 0 spiro atoms. The second-order valence-electron chi connectivity index (χ2n) is 7.56. The highest BCUT2D eigenvalue weighted by Gasteiger charge is 2.29. The molecule has 1 amide bonds. The van der Waals surface area contributed by atoms with Crippen molar-refractivity contribution < 1.29 is 9.53 Å². The fraction of sp³-hybridized carbons (Fsp3) is 0.737. The molecule has 6 nitrogen and oxygen atoms in total. The molecule has 1 aromatic rings. The van der Waals surface area contributed by atoms with Gasteiger partial charge in [0.1, 0.15) is 11.6 Å². The number of amides is 1. The molecule has 3 aliphatic rings. The number of nitrogens with zero attached hydrogens (tertiary/aromatic N) is 3. The first-order chi connectivity index (χ1) is 12.2. The number of hydrogen-bond donors (Lipinski definition) is 1. The Bertz CT molecular complexity index is 635. The second-order valence-corrected chi connectivity index (χ2v) is 7.56. The van der Waals surface area contributed by atoms with Gasteiger partial charge in [-0.2, -0.15) is 0 Å². The summed E-state index contributed by atoms with van der Waals surface area (Å²) in [7, 11) is 0. The smallest absolute Gasteiger partial charge is 0.225 e. The van der Waals surface area contributed by atoms with Crippen molar-refractivity contribution in [3.63, 3.8) is 0 Å².